The second-order valence-electron chi connectivity index (χ2n) is 29.9. The molecule has 570 valence electrons. The molecule has 10 heterocycles. The molecule has 0 aliphatic carbocycles. The van der Waals surface area contributed by atoms with Gasteiger partial charge in [-0.25, -0.2) is 18.7 Å². The molecule has 0 atom stereocenters. The maximum Gasteiger partial charge on any atom is 0.248 e. The molecule has 30 nitrogen and oxygen atoms in total. The van der Waals surface area contributed by atoms with E-state index in [4.69, 9.17) is 12.0 Å². The van der Waals surface area contributed by atoms with Gasteiger partial charge in [0.1, 0.15) is 50.5 Å². The Morgan fingerprint density at radius 3 is 0.836 bits per heavy atom. The number of hydrogen-bond donors (Lipinski definition) is 5. The van der Waals surface area contributed by atoms with E-state index in [0.717, 1.165) is 32.7 Å². The molecule has 30 heteroatoms. The molecule has 0 saturated carbocycles. The van der Waals surface area contributed by atoms with Crippen LogP contribution in [0.1, 0.15) is 115 Å². The van der Waals surface area contributed by atoms with Gasteiger partial charge in [0, 0.05) is 90.0 Å². The summed E-state index contributed by atoms with van der Waals surface area (Å²) < 4.78 is 6.68. The quantitative estimate of drug-likeness (QED) is 0.0401. The fraction of sp³-hybridized carbons (Fsp3) is 0.438. The smallest absolute Gasteiger partial charge is 0.248 e. The Bertz CT molecular complexity index is 4170. The van der Waals surface area contributed by atoms with Crippen molar-refractivity contribution in [2.75, 3.05) is 72.0 Å². The van der Waals surface area contributed by atoms with E-state index < -0.39 is 27.7 Å². The number of carbonyl (C=O) groups is 5. The summed E-state index contributed by atoms with van der Waals surface area (Å²) in [6.45, 7) is 10.4. The van der Waals surface area contributed by atoms with Crippen LogP contribution in [0.15, 0.2) is 182 Å². The third-order valence-electron chi connectivity index (χ3n) is 23.0. The summed E-state index contributed by atoms with van der Waals surface area (Å²) in [4.78, 5) is 86.9. The van der Waals surface area contributed by atoms with Gasteiger partial charge in [-0.3, -0.25) is 48.5 Å². The van der Waals surface area contributed by atoms with Crippen LogP contribution in [0.25, 0.3) is 10.4 Å². The van der Waals surface area contributed by atoms with Crippen molar-refractivity contribution in [2.24, 2.45) is 5.11 Å². The first-order valence-electron chi connectivity index (χ1n) is 38.1. The number of piperidine rings is 5. The van der Waals surface area contributed by atoms with Crippen molar-refractivity contribution in [1.82, 2.24) is 111 Å². The minimum absolute atomic E-state index is 0.0427. The molecule has 110 heavy (non-hydrogen) atoms. The number of benzene rings is 5. The van der Waals surface area contributed by atoms with E-state index in [1.807, 2.05) is 91.0 Å². The number of nitrogens with one attached hydrogen (secondary N) is 5. The van der Waals surface area contributed by atoms with Gasteiger partial charge >= 0.3 is 0 Å². The molecule has 5 aromatic carbocycles. The molecule has 9 aromatic rings. The zero-order chi connectivity index (χ0) is 75.8. The maximum absolute atomic E-state index is 15.1. The highest BCUT2D eigenvalue weighted by molar-refractivity contribution is 5.88. The number of nitrogens with zero attached hydrogens (tertiary/aromatic N) is 20. The first-order chi connectivity index (χ1) is 53.7. The Morgan fingerprint density at radius 2 is 0.618 bits per heavy atom. The lowest BCUT2D eigenvalue weighted by Crippen LogP contribution is -2.55. The summed E-state index contributed by atoms with van der Waals surface area (Å²) >= 11 is 0. The lowest BCUT2D eigenvalue weighted by atomic mass is 9.86. The molecule has 5 amide bonds. The van der Waals surface area contributed by atoms with E-state index in [0.29, 0.717) is 152 Å². The topological polar surface area (TPSA) is 333 Å². The second-order valence-corrected chi connectivity index (χ2v) is 29.9. The van der Waals surface area contributed by atoms with Crippen LogP contribution < -0.4 is 26.6 Å². The Hall–Kier alpha value is -11.3. The number of hydrogen-bond acceptors (Lipinski definition) is 19. The fourth-order valence-electron chi connectivity index (χ4n) is 16.3. The van der Waals surface area contributed by atoms with E-state index in [9.17, 15) is 4.79 Å². The summed E-state index contributed by atoms with van der Waals surface area (Å²) in [5.41, 5.74) is 11.2. The molecule has 6 aliphatic heterocycles. The fourth-order valence-corrected chi connectivity index (χ4v) is 16.3. The number of terminal acetylenes is 1. The van der Waals surface area contributed by atoms with Crippen molar-refractivity contribution in [3.63, 3.8) is 0 Å². The first-order valence-corrected chi connectivity index (χ1v) is 38.1. The largest absolute Gasteiger partial charge is 0.348 e. The summed E-state index contributed by atoms with van der Waals surface area (Å²) in [6, 6.07) is 51.3. The molecule has 5 N–H and O–H groups in total. The average molecular weight is 1490 g/mol. The van der Waals surface area contributed by atoms with Crippen LogP contribution in [0.4, 0.5) is 0 Å². The molecule has 0 unspecified atom stereocenters. The molecule has 6 aliphatic rings. The van der Waals surface area contributed by atoms with Crippen molar-refractivity contribution in [2.45, 2.75) is 151 Å². The number of likely N-dealkylation sites (tertiary alicyclic amines) is 5. The predicted molar refractivity (Wildman–Crippen MR) is 408 cm³/mol. The molecule has 4 spiro atoms. The highest BCUT2D eigenvalue weighted by atomic mass is 16.2. The highest BCUT2D eigenvalue weighted by Gasteiger charge is 2.50. The van der Waals surface area contributed by atoms with Gasteiger partial charge in [-0.15, -0.1) is 26.8 Å². The average Bonchev–Trinajstić information content (AvgIpc) is 1.50. The van der Waals surface area contributed by atoms with Gasteiger partial charge in [-0.1, -0.05) is 184 Å². The molecular formula is C80H95N25O5. The highest BCUT2D eigenvalue weighted by Crippen LogP contribution is 2.37. The lowest BCUT2D eigenvalue weighted by Gasteiger charge is -2.40. The number of azide groups is 1. The molecule has 8 bridgehead atoms. The minimum atomic E-state index is -1.13. The molecular weight excluding hydrogens is 1390 g/mol. The van der Waals surface area contributed by atoms with Crippen molar-refractivity contribution >= 4 is 29.5 Å². The summed E-state index contributed by atoms with van der Waals surface area (Å²) in [6.07, 6.45) is 16.8. The lowest BCUT2D eigenvalue weighted by molar-refractivity contribution is -0.134. The van der Waals surface area contributed by atoms with Gasteiger partial charge in [0.05, 0.1) is 57.5 Å². The third-order valence-corrected chi connectivity index (χ3v) is 23.0. The zero-order valence-corrected chi connectivity index (χ0v) is 62.0. The third kappa shape index (κ3) is 17.2. The molecule has 15 rings (SSSR count). The maximum atomic E-state index is 15.1. The zero-order valence-electron chi connectivity index (χ0n) is 62.0. The monoisotopic (exact) mass is 1490 g/mol. The number of rotatable bonds is 13. The van der Waals surface area contributed by atoms with E-state index >= 15 is 19.2 Å². The Kier molecular flexibility index (Phi) is 23.7. The SMILES string of the molecule is C#CCNC(=O)C1(N=[N+]=[N-])CCN(Cc2ccccc2)CC1.O=C1NCc2cn(nn2)C2(CCN(Cc3ccccc3)CC2)C(=O)NCc2cn(nn2)C2(CCN(Cc3ccccc3)CC2)C(=O)NCc2cn(nn2)C2(CCN(Cc3ccccc3)CC2)C(=O)NCc2cn(nn2)C12CCN(Cc1ccccc1)CC2. The van der Waals surface area contributed by atoms with Gasteiger partial charge in [0.25, 0.3) is 0 Å². The van der Waals surface area contributed by atoms with Crippen molar-refractivity contribution < 1.29 is 24.0 Å². The van der Waals surface area contributed by atoms with Gasteiger partial charge in [0.2, 0.25) is 29.5 Å². The normalized spacial score (nSPS) is 19.9. The Morgan fingerprint density at radius 1 is 0.391 bits per heavy atom. The van der Waals surface area contributed by atoms with Crippen LogP contribution in [0.2, 0.25) is 0 Å². The summed E-state index contributed by atoms with van der Waals surface area (Å²) in [7, 11) is 0. The summed E-state index contributed by atoms with van der Waals surface area (Å²) in [5, 5.41) is 56.2. The van der Waals surface area contributed by atoms with Crippen LogP contribution in [0, 0.1) is 12.3 Å². The van der Waals surface area contributed by atoms with Gasteiger partial charge in [-0.05, 0) is 111 Å². The predicted octanol–water partition coefficient (Wildman–Crippen LogP) is 5.68. The number of fused-ring (bicyclic) bond motifs is 12. The van der Waals surface area contributed by atoms with Crippen LogP contribution in [-0.4, -0.2) is 192 Å². The van der Waals surface area contributed by atoms with E-state index in [1.165, 1.54) is 27.8 Å². The van der Waals surface area contributed by atoms with E-state index in [2.05, 4.69) is 169 Å². The minimum Gasteiger partial charge on any atom is -0.348 e. The molecule has 4 aromatic heterocycles. The van der Waals surface area contributed by atoms with E-state index in [1.54, 1.807) is 43.5 Å². The number of amides is 5. The number of aromatic nitrogens is 12. The van der Waals surface area contributed by atoms with Crippen molar-refractivity contribution in [1.29, 1.82) is 0 Å². The van der Waals surface area contributed by atoms with Crippen LogP contribution in [0.3, 0.4) is 0 Å². The molecule has 0 radical (unpaired) electrons. The van der Waals surface area contributed by atoms with Crippen molar-refractivity contribution in [3.05, 3.63) is 237 Å². The van der Waals surface area contributed by atoms with Crippen molar-refractivity contribution in [3.8, 4) is 12.3 Å². The van der Waals surface area contributed by atoms with Gasteiger partial charge in [0.15, 0.2) is 0 Å². The summed E-state index contributed by atoms with van der Waals surface area (Å²) in [5.74, 6) is 1.10. The van der Waals surface area contributed by atoms with Crippen LogP contribution in [-0.2, 0) is 105 Å². The second kappa shape index (κ2) is 34.5. The standard InChI is InChI=1S/C64H76N20O4.C16H19N5O/c85-57-61(21-29-77(30-22-61)41-49-13-5-1-6-14-49)81-45-53(69-73-81)38-66-58(86)62(23-31-78(32-24-62)42-50-15-7-2-8-16-50)83-47-55(71-75-83)40-68-60(88)64(27-35-80(36-28-64)44-52-19-11-4-12-20-52)84-48-56(72-76-84)39-67-59(87)63(82-46-54(37-65-57)70-74-82)25-33-79(34-26-63)43-51-17-9-3-10-18-51;1-2-10-18-15(22)16(19-20-17)8-11-21(12-9-16)13-14-6-4-3-5-7-14/h1-20,45-48H,21-44H2,(H,65,85)(H,66,86)(H,67,87)(H,68,88);1,3-7H,8-13H2,(H,18,22). The first kappa shape index (κ1) is 75.5. The molecule has 5 fully saturated rings. The van der Waals surface area contributed by atoms with Crippen LogP contribution >= 0.6 is 0 Å². The van der Waals surface area contributed by atoms with Gasteiger partial charge < -0.3 is 26.6 Å². The van der Waals surface area contributed by atoms with Gasteiger partial charge in [-0.2, -0.15) is 0 Å². The Labute approximate surface area is 639 Å². The Balaban J connectivity index is 0.000000394. The molecule has 5 saturated heterocycles. The number of carbonyl (C=O) groups excluding carboxylic acids is 5. The van der Waals surface area contributed by atoms with E-state index in [-0.39, 0.29) is 62.3 Å². The van der Waals surface area contributed by atoms with Crippen LogP contribution in [0.5, 0.6) is 0 Å².